The molecule has 1 saturated heterocycles. The third-order valence-electron chi connectivity index (χ3n) is 4.38. The molecule has 0 saturated carbocycles. The van der Waals surface area contributed by atoms with Crippen molar-refractivity contribution in [2.24, 2.45) is 0 Å². The zero-order chi connectivity index (χ0) is 19.8. The van der Waals surface area contributed by atoms with Crippen molar-refractivity contribution in [3.63, 3.8) is 0 Å². The second-order valence-corrected chi connectivity index (χ2v) is 6.39. The zero-order valence-electron chi connectivity index (χ0n) is 15.3. The molecule has 1 N–H and O–H groups in total. The van der Waals surface area contributed by atoms with Gasteiger partial charge >= 0.3 is 0 Å². The van der Waals surface area contributed by atoms with Gasteiger partial charge in [0.15, 0.2) is 13.2 Å². The van der Waals surface area contributed by atoms with Crippen LogP contribution in [0.15, 0.2) is 54.6 Å². The molecule has 0 radical (unpaired) electrons. The summed E-state index contributed by atoms with van der Waals surface area (Å²) < 4.78 is 10.9. The first-order valence-corrected chi connectivity index (χ1v) is 9.02. The molecule has 2 aromatic carbocycles. The maximum absolute atomic E-state index is 12.3. The van der Waals surface area contributed by atoms with Gasteiger partial charge in [-0.25, -0.2) is 0 Å². The van der Waals surface area contributed by atoms with Crippen LogP contribution in [0.25, 0.3) is 0 Å². The van der Waals surface area contributed by atoms with Crippen molar-refractivity contribution in [2.45, 2.75) is 12.5 Å². The molecule has 1 aliphatic rings. The lowest BCUT2D eigenvalue weighted by Crippen LogP contribution is -2.41. The number of benzene rings is 2. The number of nitriles is 1. The van der Waals surface area contributed by atoms with Crippen LogP contribution in [0.2, 0.25) is 0 Å². The van der Waals surface area contributed by atoms with Crippen LogP contribution in [-0.4, -0.2) is 49.1 Å². The van der Waals surface area contributed by atoms with Gasteiger partial charge in [0.2, 0.25) is 0 Å². The molecule has 2 aromatic rings. The number of amides is 2. The molecule has 1 atom stereocenters. The highest BCUT2D eigenvalue weighted by Gasteiger charge is 2.27. The van der Waals surface area contributed by atoms with Crippen molar-refractivity contribution in [1.82, 2.24) is 10.2 Å². The highest BCUT2D eigenvalue weighted by atomic mass is 16.5. The average Bonchev–Trinajstić information content (AvgIpc) is 3.20. The van der Waals surface area contributed by atoms with Crippen LogP contribution in [0.5, 0.6) is 11.5 Å². The van der Waals surface area contributed by atoms with Crippen molar-refractivity contribution in [3.05, 3.63) is 60.2 Å². The third-order valence-corrected chi connectivity index (χ3v) is 4.38. The summed E-state index contributed by atoms with van der Waals surface area (Å²) in [6, 6.07) is 17.8. The number of carbonyl (C=O) groups is 2. The highest BCUT2D eigenvalue weighted by Crippen LogP contribution is 2.16. The zero-order valence-corrected chi connectivity index (χ0v) is 15.3. The molecule has 0 aliphatic carbocycles. The number of carbonyl (C=O) groups excluding carboxylic acids is 2. The van der Waals surface area contributed by atoms with Gasteiger partial charge < -0.3 is 19.7 Å². The summed E-state index contributed by atoms with van der Waals surface area (Å²) in [5, 5.41) is 11.9. The van der Waals surface area contributed by atoms with E-state index in [9.17, 15) is 9.59 Å². The molecule has 0 spiro atoms. The summed E-state index contributed by atoms with van der Waals surface area (Å²) >= 11 is 0. The number of hydrogen-bond acceptors (Lipinski definition) is 5. The first-order valence-electron chi connectivity index (χ1n) is 9.02. The number of ether oxygens (including phenoxy) is 2. The molecule has 7 nitrogen and oxygen atoms in total. The smallest absolute Gasteiger partial charge is 0.260 e. The SMILES string of the molecule is N#Cc1ccccc1OCC(=O)NC1CCN(C(=O)COc2ccccc2)C1. The van der Waals surface area contributed by atoms with Gasteiger partial charge in [0, 0.05) is 19.1 Å². The van der Waals surface area contributed by atoms with E-state index in [1.54, 1.807) is 41.3 Å². The minimum atomic E-state index is -0.285. The Labute approximate surface area is 163 Å². The van der Waals surface area contributed by atoms with E-state index >= 15 is 0 Å². The van der Waals surface area contributed by atoms with E-state index in [2.05, 4.69) is 5.32 Å². The van der Waals surface area contributed by atoms with E-state index < -0.39 is 0 Å². The molecule has 0 bridgehead atoms. The summed E-state index contributed by atoms with van der Waals surface area (Å²) in [6.07, 6.45) is 0.678. The van der Waals surface area contributed by atoms with Gasteiger partial charge in [0.05, 0.1) is 5.56 Å². The van der Waals surface area contributed by atoms with E-state index in [0.717, 1.165) is 0 Å². The van der Waals surface area contributed by atoms with Crippen molar-refractivity contribution < 1.29 is 19.1 Å². The molecule has 3 rings (SSSR count). The van der Waals surface area contributed by atoms with E-state index in [4.69, 9.17) is 14.7 Å². The van der Waals surface area contributed by atoms with E-state index in [0.29, 0.717) is 36.6 Å². The number of hydrogen-bond donors (Lipinski definition) is 1. The lowest BCUT2D eigenvalue weighted by molar-refractivity contribution is -0.132. The number of nitrogens with one attached hydrogen (secondary N) is 1. The van der Waals surface area contributed by atoms with Gasteiger partial charge in [-0.2, -0.15) is 5.26 Å². The molecule has 1 unspecified atom stereocenters. The Morgan fingerprint density at radius 3 is 2.61 bits per heavy atom. The minimum absolute atomic E-state index is 0.0290. The van der Waals surface area contributed by atoms with E-state index in [-0.39, 0.29) is 31.1 Å². The molecular formula is C21H21N3O4. The fourth-order valence-electron chi connectivity index (χ4n) is 2.96. The van der Waals surface area contributed by atoms with Crippen LogP contribution in [0.1, 0.15) is 12.0 Å². The van der Waals surface area contributed by atoms with Crippen LogP contribution in [0.4, 0.5) is 0 Å². The molecule has 1 fully saturated rings. The Morgan fingerprint density at radius 1 is 1.07 bits per heavy atom. The monoisotopic (exact) mass is 379 g/mol. The summed E-state index contributed by atoms with van der Waals surface area (Å²) in [5.41, 5.74) is 0.381. The Bertz CT molecular complexity index is 863. The third kappa shape index (κ3) is 5.24. The van der Waals surface area contributed by atoms with Crippen LogP contribution in [-0.2, 0) is 9.59 Å². The Morgan fingerprint density at radius 2 is 1.82 bits per heavy atom. The number of likely N-dealkylation sites (tertiary alicyclic amines) is 1. The average molecular weight is 379 g/mol. The molecule has 1 aliphatic heterocycles. The largest absolute Gasteiger partial charge is 0.484 e. The summed E-state index contributed by atoms with van der Waals surface area (Å²) in [4.78, 5) is 26.1. The predicted octanol–water partition coefficient (Wildman–Crippen LogP) is 1.73. The molecule has 1 heterocycles. The second-order valence-electron chi connectivity index (χ2n) is 6.39. The number of rotatable bonds is 7. The van der Waals surface area contributed by atoms with Crippen LogP contribution >= 0.6 is 0 Å². The van der Waals surface area contributed by atoms with Crippen LogP contribution < -0.4 is 14.8 Å². The minimum Gasteiger partial charge on any atom is -0.484 e. The van der Waals surface area contributed by atoms with Crippen LogP contribution in [0.3, 0.4) is 0 Å². The summed E-state index contributed by atoms with van der Waals surface area (Å²) in [5.74, 6) is 0.628. The number of para-hydroxylation sites is 2. The lowest BCUT2D eigenvalue weighted by Gasteiger charge is -2.17. The Kier molecular flexibility index (Phi) is 6.47. The van der Waals surface area contributed by atoms with Gasteiger partial charge in [0.1, 0.15) is 17.6 Å². The van der Waals surface area contributed by atoms with Gasteiger partial charge in [-0.15, -0.1) is 0 Å². The Hall–Kier alpha value is -3.53. The summed E-state index contributed by atoms with van der Waals surface area (Å²) in [7, 11) is 0. The van der Waals surface area contributed by atoms with E-state index in [1.807, 2.05) is 24.3 Å². The van der Waals surface area contributed by atoms with Gasteiger partial charge in [-0.05, 0) is 30.7 Å². The molecule has 28 heavy (non-hydrogen) atoms. The molecule has 2 amide bonds. The van der Waals surface area contributed by atoms with Crippen LogP contribution in [0, 0.1) is 11.3 Å². The second kappa shape index (κ2) is 9.42. The number of nitrogens with zero attached hydrogens (tertiary/aromatic N) is 2. The van der Waals surface area contributed by atoms with Gasteiger partial charge in [-0.1, -0.05) is 30.3 Å². The predicted molar refractivity (Wildman–Crippen MR) is 102 cm³/mol. The molecule has 7 heteroatoms. The van der Waals surface area contributed by atoms with Gasteiger partial charge in [-0.3, -0.25) is 9.59 Å². The fraction of sp³-hybridized carbons (Fsp3) is 0.286. The first-order chi connectivity index (χ1) is 13.7. The van der Waals surface area contributed by atoms with Crippen molar-refractivity contribution in [3.8, 4) is 17.6 Å². The highest BCUT2D eigenvalue weighted by molar-refractivity contribution is 5.79. The lowest BCUT2D eigenvalue weighted by atomic mass is 10.2. The van der Waals surface area contributed by atoms with Crippen molar-refractivity contribution in [2.75, 3.05) is 26.3 Å². The first kappa shape index (κ1) is 19.2. The normalized spacial score (nSPS) is 15.5. The Balaban J connectivity index is 1.40. The maximum atomic E-state index is 12.3. The topological polar surface area (TPSA) is 91.7 Å². The summed E-state index contributed by atoms with van der Waals surface area (Å²) in [6.45, 7) is 0.802. The maximum Gasteiger partial charge on any atom is 0.260 e. The van der Waals surface area contributed by atoms with Crippen molar-refractivity contribution in [1.29, 1.82) is 5.26 Å². The molecule has 0 aromatic heterocycles. The quantitative estimate of drug-likeness (QED) is 0.791. The van der Waals surface area contributed by atoms with E-state index in [1.165, 1.54) is 0 Å². The van der Waals surface area contributed by atoms with Gasteiger partial charge in [0.25, 0.3) is 11.8 Å². The fourth-order valence-corrected chi connectivity index (χ4v) is 2.96. The van der Waals surface area contributed by atoms with Crippen molar-refractivity contribution >= 4 is 11.8 Å². The standard InChI is InChI=1S/C21H21N3O4/c22-12-16-6-4-5-9-19(16)28-14-20(25)23-17-10-11-24(13-17)21(26)15-27-18-7-2-1-3-8-18/h1-9,17H,10-11,13-15H2,(H,23,25). The molecule has 144 valence electrons. The molecular weight excluding hydrogens is 358 g/mol.